The zero-order valence-electron chi connectivity index (χ0n) is 13.0. The zero-order valence-corrected chi connectivity index (χ0v) is 13.0. The van der Waals surface area contributed by atoms with E-state index in [0.29, 0.717) is 29.3 Å². The third-order valence-electron chi connectivity index (χ3n) is 3.20. The molecule has 5 nitrogen and oxygen atoms in total. The number of aromatic nitrogens is 1. The molecule has 0 aliphatic heterocycles. The van der Waals surface area contributed by atoms with Crippen LogP contribution in [0.4, 0.5) is 0 Å². The summed E-state index contributed by atoms with van der Waals surface area (Å²) in [6.07, 6.45) is 1.48. The molecule has 1 N–H and O–H groups in total. The van der Waals surface area contributed by atoms with Crippen molar-refractivity contribution in [1.82, 2.24) is 10.3 Å². The number of nitrogens with zero attached hydrogens (tertiary/aromatic N) is 1. The fraction of sp³-hybridized carbons (Fsp3) is 0.294. The largest absolute Gasteiger partial charge is 0.493 e. The van der Waals surface area contributed by atoms with Crippen molar-refractivity contribution in [2.24, 2.45) is 0 Å². The summed E-state index contributed by atoms with van der Waals surface area (Å²) in [4.78, 5) is 16.2. The summed E-state index contributed by atoms with van der Waals surface area (Å²) in [5.74, 6) is 1.18. The summed E-state index contributed by atoms with van der Waals surface area (Å²) >= 11 is 0. The Kier molecular flexibility index (Phi) is 5.36. The van der Waals surface area contributed by atoms with E-state index < -0.39 is 0 Å². The molecule has 1 atom stereocenters. The first-order valence-electron chi connectivity index (χ1n) is 7.11. The summed E-state index contributed by atoms with van der Waals surface area (Å²) in [5.41, 5.74) is 1.28. The predicted octanol–water partition coefficient (Wildman–Crippen LogP) is 2.60. The van der Waals surface area contributed by atoms with Gasteiger partial charge in [0.15, 0.2) is 11.5 Å². The molecule has 5 heteroatoms. The second-order valence-electron chi connectivity index (χ2n) is 4.93. The number of para-hydroxylation sites is 2. The van der Waals surface area contributed by atoms with Crippen LogP contribution in [-0.4, -0.2) is 30.6 Å². The van der Waals surface area contributed by atoms with Gasteiger partial charge in [-0.15, -0.1) is 0 Å². The molecule has 0 aliphatic rings. The molecule has 0 bridgehead atoms. The van der Waals surface area contributed by atoms with E-state index in [1.54, 1.807) is 25.4 Å². The molecule has 2 rings (SSSR count). The molecule has 1 aromatic carbocycles. The highest BCUT2D eigenvalue weighted by atomic mass is 16.5. The van der Waals surface area contributed by atoms with Crippen LogP contribution in [-0.2, 0) is 0 Å². The number of amides is 1. The lowest BCUT2D eigenvalue weighted by Crippen LogP contribution is -2.34. The van der Waals surface area contributed by atoms with Crippen molar-refractivity contribution in [2.75, 3.05) is 13.7 Å². The molecule has 0 saturated heterocycles. The molecule has 0 fully saturated rings. The van der Waals surface area contributed by atoms with E-state index >= 15 is 0 Å². The third kappa shape index (κ3) is 3.97. The van der Waals surface area contributed by atoms with Crippen LogP contribution in [0.15, 0.2) is 42.6 Å². The number of nitrogens with one attached hydrogen (secondary N) is 1. The number of aryl methyl sites for hydroxylation is 1. The van der Waals surface area contributed by atoms with Gasteiger partial charge in [-0.2, -0.15) is 0 Å². The number of carbonyl (C=O) groups excluding carboxylic acids is 1. The first-order chi connectivity index (χ1) is 10.6. The van der Waals surface area contributed by atoms with Gasteiger partial charge in [0.1, 0.15) is 6.10 Å². The Morgan fingerprint density at radius 1 is 1.23 bits per heavy atom. The second-order valence-corrected chi connectivity index (χ2v) is 4.93. The van der Waals surface area contributed by atoms with E-state index in [1.165, 1.54) is 0 Å². The van der Waals surface area contributed by atoms with Crippen molar-refractivity contribution in [3.05, 3.63) is 53.9 Å². The highest BCUT2D eigenvalue weighted by Gasteiger charge is 2.12. The molecule has 0 radical (unpaired) electrons. The van der Waals surface area contributed by atoms with Crippen molar-refractivity contribution < 1.29 is 14.3 Å². The molecule has 22 heavy (non-hydrogen) atoms. The van der Waals surface area contributed by atoms with E-state index in [-0.39, 0.29) is 12.0 Å². The number of rotatable bonds is 6. The van der Waals surface area contributed by atoms with E-state index in [2.05, 4.69) is 10.3 Å². The lowest BCUT2D eigenvalue weighted by Gasteiger charge is -2.17. The van der Waals surface area contributed by atoms with Gasteiger partial charge < -0.3 is 14.8 Å². The Morgan fingerprint density at radius 3 is 2.64 bits per heavy atom. The van der Waals surface area contributed by atoms with Crippen molar-refractivity contribution in [3.63, 3.8) is 0 Å². The first kappa shape index (κ1) is 15.8. The Hall–Kier alpha value is -2.56. The van der Waals surface area contributed by atoms with Gasteiger partial charge >= 0.3 is 0 Å². The Labute approximate surface area is 130 Å². The van der Waals surface area contributed by atoms with E-state index in [0.717, 1.165) is 0 Å². The van der Waals surface area contributed by atoms with Crippen molar-refractivity contribution in [3.8, 4) is 11.5 Å². The molecule has 1 aromatic heterocycles. The number of hydrogen-bond acceptors (Lipinski definition) is 4. The maximum atomic E-state index is 12.1. The van der Waals surface area contributed by atoms with Gasteiger partial charge in [-0.25, -0.2) is 0 Å². The Balaban J connectivity index is 1.91. The van der Waals surface area contributed by atoms with Crippen LogP contribution < -0.4 is 14.8 Å². The highest BCUT2D eigenvalue weighted by molar-refractivity contribution is 5.95. The lowest BCUT2D eigenvalue weighted by molar-refractivity contribution is 0.0930. The number of benzene rings is 1. The maximum Gasteiger partial charge on any atom is 0.253 e. The van der Waals surface area contributed by atoms with Crippen molar-refractivity contribution >= 4 is 5.91 Å². The summed E-state index contributed by atoms with van der Waals surface area (Å²) in [7, 11) is 1.60. The molecule has 1 amide bonds. The fourth-order valence-corrected chi connectivity index (χ4v) is 2.03. The van der Waals surface area contributed by atoms with Crippen LogP contribution in [0.25, 0.3) is 0 Å². The molecule has 0 saturated carbocycles. The SMILES string of the molecule is COc1ccccc1O[C@@H](C)CNC(=O)c1cccnc1C. The van der Waals surface area contributed by atoms with Crippen LogP contribution in [0.5, 0.6) is 11.5 Å². The summed E-state index contributed by atoms with van der Waals surface area (Å²) in [6, 6.07) is 10.9. The Bertz CT molecular complexity index is 643. The number of methoxy groups -OCH3 is 1. The molecule has 1 heterocycles. The van der Waals surface area contributed by atoms with Gasteiger partial charge in [-0.3, -0.25) is 9.78 Å². The molecular formula is C17H20N2O3. The predicted molar refractivity (Wildman–Crippen MR) is 84.4 cm³/mol. The third-order valence-corrected chi connectivity index (χ3v) is 3.20. The topological polar surface area (TPSA) is 60.5 Å². The molecule has 0 aliphatic carbocycles. The van der Waals surface area contributed by atoms with Crippen LogP contribution in [0.3, 0.4) is 0 Å². The summed E-state index contributed by atoms with van der Waals surface area (Å²) < 4.78 is 11.0. The number of hydrogen-bond donors (Lipinski definition) is 1. The van der Waals surface area contributed by atoms with E-state index in [1.807, 2.05) is 38.1 Å². The summed E-state index contributed by atoms with van der Waals surface area (Å²) in [6.45, 7) is 4.09. The molecule has 0 spiro atoms. The maximum absolute atomic E-state index is 12.1. The van der Waals surface area contributed by atoms with E-state index in [4.69, 9.17) is 9.47 Å². The van der Waals surface area contributed by atoms with Crippen molar-refractivity contribution in [1.29, 1.82) is 0 Å². The monoisotopic (exact) mass is 300 g/mol. The van der Waals surface area contributed by atoms with Crippen LogP contribution in [0, 0.1) is 6.92 Å². The summed E-state index contributed by atoms with van der Waals surface area (Å²) in [5, 5.41) is 2.85. The molecule has 116 valence electrons. The smallest absolute Gasteiger partial charge is 0.253 e. The standard InChI is InChI=1S/C17H20N2O3/c1-12(22-16-9-5-4-8-15(16)21-3)11-19-17(20)14-7-6-10-18-13(14)2/h4-10,12H,11H2,1-3H3,(H,19,20)/t12-/m0/s1. The quantitative estimate of drug-likeness (QED) is 0.891. The first-order valence-corrected chi connectivity index (χ1v) is 7.11. The number of ether oxygens (including phenoxy) is 2. The fourth-order valence-electron chi connectivity index (χ4n) is 2.03. The van der Waals surface area contributed by atoms with Gasteiger partial charge in [0, 0.05) is 11.9 Å². The van der Waals surface area contributed by atoms with Gasteiger partial charge in [0.2, 0.25) is 0 Å². The number of carbonyl (C=O) groups is 1. The van der Waals surface area contributed by atoms with Gasteiger partial charge in [0.05, 0.1) is 19.2 Å². The highest BCUT2D eigenvalue weighted by Crippen LogP contribution is 2.26. The second kappa shape index (κ2) is 7.45. The molecule has 0 unspecified atom stereocenters. The van der Waals surface area contributed by atoms with Gasteiger partial charge in [0.25, 0.3) is 5.91 Å². The van der Waals surface area contributed by atoms with E-state index in [9.17, 15) is 4.79 Å². The molecular weight excluding hydrogens is 280 g/mol. The zero-order chi connectivity index (χ0) is 15.9. The van der Waals surface area contributed by atoms with Crippen LogP contribution >= 0.6 is 0 Å². The normalized spacial score (nSPS) is 11.6. The average Bonchev–Trinajstić information content (AvgIpc) is 2.53. The Morgan fingerprint density at radius 2 is 1.95 bits per heavy atom. The van der Waals surface area contributed by atoms with Crippen LogP contribution in [0.2, 0.25) is 0 Å². The minimum absolute atomic E-state index is 0.152. The number of pyridine rings is 1. The lowest BCUT2D eigenvalue weighted by atomic mass is 10.2. The van der Waals surface area contributed by atoms with Crippen molar-refractivity contribution in [2.45, 2.75) is 20.0 Å². The van der Waals surface area contributed by atoms with Gasteiger partial charge in [-0.05, 0) is 38.1 Å². The average molecular weight is 300 g/mol. The minimum atomic E-state index is -0.183. The van der Waals surface area contributed by atoms with Crippen LogP contribution in [0.1, 0.15) is 23.0 Å². The van der Waals surface area contributed by atoms with Gasteiger partial charge in [-0.1, -0.05) is 12.1 Å². The minimum Gasteiger partial charge on any atom is -0.493 e. The molecule has 2 aromatic rings.